The van der Waals surface area contributed by atoms with Crippen molar-refractivity contribution in [1.29, 1.82) is 0 Å². The Morgan fingerprint density at radius 1 is 0.636 bits per heavy atom. The Bertz CT molecular complexity index is 613. The van der Waals surface area contributed by atoms with E-state index in [0.29, 0.717) is 0 Å². The van der Waals surface area contributed by atoms with E-state index in [1.807, 2.05) is 0 Å². The van der Waals surface area contributed by atoms with Crippen LogP contribution in [0.15, 0.2) is 0 Å². The first kappa shape index (κ1) is 27.0. The molecular weight excluding hydrogens is 459 g/mol. The number of hydrogen-bond donors (Lipinski definition) is 9. The lowest BCUT2D eigenvalue weighted by atomic mass is 9.96. The number of halogens is 1. The summed E-state index contributed by atoms with van der Waals surface area (Å²) in [5.74, 6) is 0. The predicted molar refractivity (Wildman–Crippen MR) is 98.8 cm³/mol. The topological polar surface area (TPSA) is 228 Å². The van der Waals surface area contributed by atoms with E-state index in [1.54, 1.807) is 0 Å². The van der Waals surface area contributed by atoms with Crippen LogP contribution < -0.4 is 0 Å². The number of ether oxygens (including phenoxy) is 5. The van der Waals surface area contributed by atoms with Crippen molar-refractivity contribution in [2.75, 3.05) is 19.8 Å². The zero-order chi connectivity index (χ0) is 24.4. The van der Waals surface area contributed by atoms with Gasteiger partial charge in [0.25, 0.3) is 0 Å². The third kappa shape index (κ3) is 5.62. The van der Waals surface area contributed by atoms with Crippen LogP contribution in [-0.2, 0) is 23.7 Å². The van der Waals surface area contributed by atoms with Gasteiger partial charge >= 0.3 is 0 Å². The second-order valence-electron chi connectivity index (χ2n) is 8.20. The highest BCUT2D eigenvalue weighted by Crippen LogP contribution is 2.32. The molecule has 3 rings (SSSR count). The Kier molecular flexibility index (Phi) is 9.32. The van der Waals surface area contributed by atoms with Gasteiger partial charge in [0, 0.05) is 6.42 Å². The third-order valence-electron chi connectivity index (χ3n) is 5.92. The molecule has 0 aliphatic carbocycles. The molecule has 3 aliphatic heterocycles. The molecule has 14 atom stereocenters. The molecule has 3 saturated heterocycles. The molecule has 15 heteroatoms. The molecule has 0 aromatic rings. The molecule has 3 aliphatic rings. The Morgan fingerprint density at radius 2 is 1.15 bits per heavy atom. The maximum atomic E-state index is 13.6. The van der Waals surface area contributed by atoms with Crippen molar-refractivity contribution in [3.05, 3.63) is 0 Å². The van der Waals surface area contributed by atoms with Crippen molar-refractivity contribution in [2.24, 2.45) is 0 Å². The van der Waals surface area contributed by atoms with E-state index in [-0.39, 0.29) is 6.42 Å². The van der Waals surface area contributed by atoms with Crippen molar-refractivity contribution < 1.29 is 74.0 Å². The summed E-state index contributed by atoms with van der Waals surface area (Å²) in [6, 6.07) is 0. The van der Waals surface area contributed by atoms with Crippen LogP contribution in [0.2, 0.25) is 0 Å². The van der Waals surface area contributed by atoms with Gasteiger partial charge in [-0.2, -0.15) is 0 Å². The smallest absolute Gasteiger partial charge is 0.228 e. The molecular formula is C18H31FO14. The first-order valence-electron chi connectivity index (χ1n) is 10.4. The quantitative estimate of drug-likeness (QED) is 0.162. The Labute approximate surface area is 187 Å². The van der Waals surface area contributed by atoms with Crippen LogP contribution >= 0.6 is 0 Å². The summed E-state index contributed by atoms with van der Waals surface area (Å²) in [5, 5.41) is 89.3. The summed E-state index contributed by atoms with van der Waals surface area (Å²) in [6.45, 7) is -2.09. The second kappa shape index (κ2) is 11.4. The lowest BCUT2D eigenvalue weighted by Crippen LogP contribution is -2.65. The minimum Gasteiger partial charge on any atom is -0.394 e. The average Bonchev–Trinajstić information content (AvgIpc) is 2.80. The van der Waals surface area contributed by atoms with Crippen LogP contribution in [0.1, 0.15) is 6.42 Å². The third-order valence-corrected chi connectivity index (χ3v) is 5.92. The summed E-state index contributed by atoms with van der Waals surface area (Å²) in [6.07, 6.45) is -23.0. The Hall–Kier alpha value is -0.630. The van der Waals surface area contributed by atoms with E-state index >= 15 is 0 Å². The van der Waals surface area contributed by atoms with Gasteiger partial charge in [0.2, 0.25) is 6.36 Å². The standard InChI is InChI=1S/C18H31FO14/c19-16-12(27)10(25)14(7(3-21)30-16)33-18-13(28)11(26)15(8(4-22)31-18)32-17-9(24)6(23)1-5(2-20)29-17/h5-18,20-28H,1-4H2/t5-,6-,7+,8+,9+,10+,11+,12+,13+,14+,15+,16-,17+,18+/m0/s1. The van der Waals surface area contributed by atoms with Crippen LogP contribution in [0.4, 0.5) is 4.39 Å². The van der Waals surface area contributed by atoms with E-state index in [4.69, 9.17) is 23.7 Å². The van der Waals surface area contributed by atoms with Crippen LogP contribution in [0.5, 0.6) is 0 Å². The second-order valence-corrected chi connectivity index (χ2v) is 8.20. The van der Waals surface area contributed by atoms with Crippen molar-refractivity contribution >= 4 is 0 Å². The van der Waals surface area contributed by atoms with E-state index in [2.05, 4.69) is 0 Å². The summed E-state index contributed by atoms with van der Waals surface area (Å²) >= 11 is 0. The summed E-state index contributed by atoms with van der Waals surface area (Å²) in [7, 11) is 0. The van der Waals surface area contributed by atoms with Crippen molar-refractivity contribution in [3.8, 4) is 0 Å². The highest BCUT2D eigenvalue weighted by Gasteiger charge is 2.52. The zero-order valence-electron chi connectivity index (χ0n) is 17.4. The Balaban J connectivity index is 1.71. The van der Waals surface area contributed by atoms with Gasteiger partial charge in [0.1, 0.15) is 54.9 Å². The van der Waals surface area contributed by atoms with Gasteiger partial charge in [0.05, 0.1) is 32.0 Å². The summed E-state index contributed by atoms with van der Waals surface area (Å²) in [5.41, 5.74) is 0. The fourth-order valence-corrected chi connectivity index (χ4v) is 4.00. The van der Waals surface area contributed by atoms with Gasteiger partial charge in [-0.1, -0.05) is 0 Å². The van der Waals surface area contributed by atoms with Crippen molar-refractivity contribution in [2.45, 2.75) is 92.5 Å². The van der Waals surface area contributed by atoms with Gasteiger partial charge in [-0.3, -0.25) is 0 Å². The van der Waals surface area contributed by atoms with Gasteiger partial charge in [-0.05, 0) is 0 Å². The zero-order valence-corrected chi connectivity index (χ0v) is 17.4. The van der Waals surface area contributed by atoms with Gasteiger partial charge < -0.3 is 69.6 Å². The predicted octanol–water partition coefficient (Wildman–Crippen LogP) is -5.57. The monoisotopic (exact) mass is 490 g/mol. The highest BCUT2D eigenvalue weighted by atomic mass is 19.1. The number of hydrogen-bond acceptors (Lipinski definition) is 14. The number of aliphatic hydroxyl groups excluding tert-OH is 9. The van der Waals surface area contributed by atoms with Gasteiger partial charge in [-0.25, -0.2) is 4.39 Å². The molecule has 3 heterocycles. The highest BCUT2D eigenvalue weighted by molar-refractivity contribution is 4.95. The van der Waals surface area contributed by atoms with Gasteiger partial charge in [-0.15, -0.1) is 0 Å². The lowest BCUT2D eigenvalue weighted by molar-refractivity contribution is -0.370. The van der Waals surface area contributed by atoms with E-state index in [1.165, 1.54) is 0 Å². The molecule has 0 aromatic heterocycles. The molecule has 0 amide bonds. The van der Waals surface area contributed by atoms with Crippen LogP contribution in [0.3, 0.4) is 0 Å². The number of rotatable bonds is 7. The summed E-state index contributed by atoms with van der Waals surface area (Å²) < 4.78 is 39.9. The van der Waals surface area contributed by atoms with Crippen molar-refractivity contribution in [1.82, 2.24) is 0 Å². The molecule has 3 fully saturated rings. The van der Waals surface area contributed by atoms with Crippen LogP contribution in [0, 0.1) is 0 Å². The molecule has 0 bridgehead atoms. The molecule has 14 nitrogen and oxygen atoms in total. The number of alkyl halides is 1. The van der Waals surface area contributed by atoms with Crippen molar-refractivity contribution in [3.63, 3.8) is 0 Å². The summed E-state index contributed by atoms with van der Waals surface area (Å²) in [4.78, 5) is 0. The fourth-order valence-electron chi connectivity index (χ4n) is 4.00. The van der Waals surface area contributed by atoms with E-state index < -0.39 is 106 Å². The minimum absolute atomic E-state index is 0.0768. The molecule has 0 unspecified atom stereocenters. The normalized spacial score (nSPS) is 51.5. The molecule has 9 N–H and O–H groups in total. The Morgan fingerprint density at radius 3 is 1.70 bits per heavy atom. The van der Waals surface area contributed by atoms with E-state index in [9.17, 15) is 50.3 Å². The number of aliphatic hydroxyl groups is 9. The van der Waals surface area contributed by atoms with E-state index in [0.717, 1.165) is 0 Å². The first-order chi connectivity index (χ1) is 15.6. The molecule has 0 spiro atoms. The maximum Gasteiger partial charge on any atom is 0.228 e. The van der Waals surface area contributed by atoms with Crippen LogP contribution in [-0.4, -0.2) is 152 Å². The van der Waals surface area contributed by atoms with Crippen LogP contribution in [0.25, 0.3) is 0 Å². The molecule has 33 heavy (non-hydrogen) atoms. The fraction of sp³-hybridized carbons (Fsp3) is 1.00. The SMILES string of the molecule is OC[C@@H]1C[C@H](O)[C@@H](O)[C@@H](O[C@H]2[C@H](O)[C@@H](O)[C@@H](O[C@H]3[C@H](O)[C@@H](O)[C@@H](F)O[C@@H]3CO)O[C@@H]2CO)O1. The maximum absolute atomic E-state index is 13.6. The average molecular weight is 490 g/mol. The molecule has 0 saturated carbocycles. The minimum atomic E-state index is -2.30. The largest absolute Gasteiger partial charge is 0.394 e. The van der Waals surface area contributed by atoms with Gasteiger partial charge in [0.15, 0.2) is 12.6 Å². The molecule has 0 aromatic carbocycles. The first-order valence-corrected chi connectivity index (χ1v) is 10.4. The lowest BCUT2D eigenvalue weighted by Gasteiger charge is -2.47. The molecule has 194 valence electrons. The molecule has 0 radical (unpaired) electrons.